The minimum Gasteiger partial charge on any atom is -0.428 e. The van der Waals surface area contributed by atoms with Gasteiger partial charge in [0.25, 0.3) is 0 Å². The number of carbonyl (C=O) groups is 1. The second kappa shape index (κ2) is 18.3. The van der Waals surface area contributed by atoms with E-state index in [1.54, 1.807) is 33.0 Å². The molecule has 3 rings (SSSR count). The fourth-order valence-electron chi connectivity index (χ4n) is 4.66. The molecular weight excluding hydrogens is 626 g/mol. The fourth-order valence-corrected chi connectivity index (χ4v) is 4.66. The summed E-state index contributed by atoms with van der Waals surface area (Å²) in [6, 6.07) is 11.4. The van der Waals surface area contributed by atoms with Gasteiger partial charge < -0.3 is 38.1 Å². The van der Waals surface area contributed by atoms with Gasteiger partial charge in [-0.2, -0.15) is 17.6 Å². The zero-order valence-corrected chi connectivity index (χ0v) is 27.0. The number of hydrogen-bond acceptors (Lipinski definition) is 8. The minimum absolute atomic E-state index is 0.00202. The Hall–Kier alpha value is -3.25. The summed E-state index contributed by atoms with van der Waals surface area (Å²) in [6.07, 6.45) is -1.57. The Morgan fingerprint density at radius 1 is 0.872 bits per heavy atom. The van der Waals surface area contributed by atoms with Crippen LogP contribution >= 0.6 is 0 Å². The molecule has 1 heterocycles. The molecule has 0 saturated heterocycles. The predicted octanol–water partition coefficient (Wildman–Crippen LogP) is 5.02. The third-order valence-electron chi connectivity index (χ3n) is 7.25. The standard InChI is InChI=1S/C34H43F4NO8/c1-5-16-41-17-18-42-19-20-43-21-22-44-23-24-45-25-30(40)39(4)15-14-26-10-12-27(13-11-26)46-34(37,38)33(35,36)31-28-8-6-7-9-29(28)32(2,3)47-31/h1,6-13,31H,14-25H2,2-4H3. The van der Waals surface area contributed by atoms with Crippen molar-refractivity contribution in [1.29, 1.82) is 0 Å². The van der Waals surface area contributed by atoms with Gasteiger partial charge in [-0.15, -0.1) is 6.42 Å². The highest BCUT2D eigenvalue weighted by molar-refractivity contribution is 5.77. The molecule has 0 bridgehead atoms. The summed E-state index contributed by atoms with van der Waals surface area (Å²) in [5.74, 6) is -2.97. The number of fused-ring (bicyclic) bond motifs is 1. The van der Waals surface area contributed by atoms with E-state index < -0.39 is 29.5 Å². The molecule has 0 spiro atoms. The van der Waals surface area contributed by atoms with E-state index in [0.29, 0.717) is 70.3 Å². The Bertz CT molecular complexity index is 1290. The van der Waals surface area contributed by atoms with Crippen LogP contribution in [0.1, 0.15) is 36.6 Å². The number of halogens is 4. The van der Waals surface area contributed by atoms with E-state index in [-0.39, 0.29) is 31.3 Å². The van der Waals surface area contributed by atoms with Crippen LogP contribution in [0.2, 0.25) is 0 Å². The molecule has 0 fully saturated rings. The van der Waals surface area contributed by atoms with Crippen molar-refractivity contribution in [3.63, 3.8) is 0 Å². The van der Waals surface area contributed by atoms with Crippen molar-refractivity contribution in [2.45, 2.75) is 44.0 Å². The molecule has 1 aliphatic rings. The van der Waals surface area contributed by atoms with E-state index in [4.69, 9.17) is 34.8 Å². The van der Waals surface area contributed by atoms with Crippen LogP contribution in [-0.4, -0.2) is 102 Å². The first-order valence-corrected chi connectivity index (χ1v) is 15.3. The lowest BCUT2D eigenvalue weighted by Gasteiger charge is -2.32. The summed E-state index contributed by atoms with van der Waals surface area (Å²) in [5, 5.41) is 0. The first kappa shape index (κ1) is 38.2. The quantitative estimate of drug-likeness (QED) is 0.0983. The Morgan fingerprint density at radius 2 is 1.43 bits per heavy atom. The molecular formula is C34H43F4NO8. The Balaban J connectivity index is 1.30. The maximum atomic E-state index is 15.2. The molecule has 1 aliphatic heterocycles. The molecule has 9 nitrogen and oxygen atoms in total. The van der Waals surface area contributed by atoms with Crippen LogP contribution in [0.5, 0.6) is 5.75 Å². The number of terminal acetylenes is 1. The summed E-state index contributed by atoms with van der Waals surface area (Å²) in [6.45, 7) is 6.56. The largest absolute Gasteiger partial charge is 0.467 e. The molecule has 0 N–H and O–H groups in total. The average Bonchev–Trinajstić information content (AvgIpc) is 3.33. The van der Waals surface area contributed by atoms with Crippen molar-refractivity contribution < 1.29 is 55.5 Å². The lowest BCUT2D eigenvalue weighted by Crippen LogP contribution is -2.49. The highest BCUT2D eigenvalue weighted by Crippen LogP contribution is 2.54. The van der Waals surface area contributed by atoms with Crippen LogP contribution in [0.4, 0.5) is 17.6 Å². The fraction of sp³-hybridized carbons (Fsp3) is 0.559. The highest BCUT2D eigenvalue weighted by atomic mass is 19.3. The Kier molecular flexibility index (Phi) is 14.9. The Labute approximate surface area is 273 Å². The molecule has 0 aromatic heterocycles. The SMILES string of the molecule is C#CCOCCOCCOCCOCCOCC(=O)N(C)CCc1ccc(OC(F)(F)C(F)(F)C2OC(C)(C)c3ccccc32)cc1. The van der Waals surface area contributed by atoms with E-state index in [2.05, 4.69) is 10.7 Å². The Morgan fingerprint density at radius 3 is 2.02 bits per heavy atom. The lowest BCUT2D eigenvalue weighted by atomic mass is 9.93. The number of alkyl halides is 4. The van der Waals surface area contributed by atoms with Gasteiger partial charge in [0.2, 0.25) is 5.91 Å². The maximum Gasteiger partial charge on any atom is 0.467 e. The van der Waals surface area contributed by atoms with Crippen LogP contribution < -0.4 is 4.74 Å². The van der Waals surface area contributed by atoms with Crippen molar-refractivity contribution in [2.24, 2.45) is 0 Å². The molecule has 1 amide bonds. The zero-order chi connectivity index (χ0) is 34.3. The van der Waals surface area contributed by atoms with Crippen molar-refractivity contribution in [2.75, 3.05) is 79.7 Å². The first-order chi connectivity index (χ1) is 22.4. The van der Waals surface area contributed by atoms with Crippen molar-refractivity contribution in [3.05, 3.63) is 65.2 Å². The minimum atomic E-state index is -4.85. The summed E-state index contributed by atoms with van der Waals surface area (Å²) in [7, 11) is 1.61. The first-order valence-electron chi connectivity index (χ1n) is 15.3. The van der Waals surface area contributed by atoms with Gasteiger partial charge in [-0.05, 0) is 49.1 Å². The smallest absolute Gasteiger partial charge is 0.428 e. The third kappa shape index (κ3) is 11.4. The van der Waals surface area contributed by atoms with E-state index in [9.17, 15) is 13.6 Å². The summed E-state index contributed by atoms with van der Waals surface area (Å²) in [4.78, 5) is 13.8. The van der Waals surface area contributed by atoms with Crippen molar-refractivity contribution >= 4 is 5.91 Å². The molecule has 0 aliphatic carbocycles. The van der Waals surface area contributed by atoms with Gasteiger partial charge in [-0.3, -0.25) is 4.79 Å². The molecule has 2 aromatic rings. The van der Waals surface area contributed by atoms with Crippen LogP contribution in [0, 0.1) is 12.3 Å². The molecule has 2 aromatic carbocycles. The van der Waals surface area contributed by atoms with Crippen molar-refractivity contribution in [1.82, 2.24) is 4.90 Å². The summed E-state index contributed by atoms with van der Waals surface area (Å²) in [5.41, 5.74) is -0.0500. The molecule has 260 valence electrons. The summed E-state index contributed by atoms with van der Waals surface area (Å²) >= 11 is 0. The average molecular weight is 670 g/mol. The number of benzene rings is 2. The second-order valence-electron chi connectivity index (χ2n) is 11.2. The van der Waals surface area contributed by atoms with Gasteiger partial charge in [0.15, 0.2) is 6.10 Å². The maximum absolute atomic E-state index is 15.2. The molecule has 47 heavy (non-hydrogen) atoms. The number of likely N-dealkylation sites (N-methyl/N-ethyl adjacent to an activating group) is 1. The van der Waals surface area contributed by atoms with E-state index in [1.165, 1.54) is 41.3 Å². The molecule has 0 saturated carbocycles. The van der Waals surface area contributed by atoms with E-state index in [0.717, 1.165) is 0 Å². The third-order valence-corrected chi connectivity index (χ3v) is 7.25. The molecule has 1 atom stereocenters. The van der Waals surface area contributed by atoms with Crippen LogP contribution in [-0.2, 0) is 45.2 Å². The molecule has 13 heteroatoms. The van der Waals surface area contributed by atoms with Gasteiger partial charge in [0.1, 0.15) is 19.0 Å². The summed E-state index contributed by atoms with van der Waals surface area (Å²) < 4.78 is 96.6. The van der Waals surface area contributed by atoms with Gasteiger partial charge in [-0.25, -0.2) is 0 Å². The zero-order valence-electron chi connectivity index (χ0n) is 27.0. The van der Waals surface area contributed by atoms with E-state index >= 15 is 8.78 Å². The van der Waals surface area contributed by atoms with E-state index in [1.807, 2.05) is 0 Å². The molecule has 0 radical (unpaired) electrons. The number of carbonyl (C=O) groups excluding carboxylic acids is 1. The number of ether oxygens (including phenoxy) is 7. The van der Waals surface area contributed by atoms with Crippen LogP contribution in [0.25, 0.3) is 0 Å². The lowest BCUT2D eigenvalue weighted by molar-refractivity contribution is -0.347. The molecule has 1 unspecified atom stereocenters. The topological polar surface area (TPSA) is 84.9 Å². The van der Waals surface area contributed by atoms with Crippen LogP contribution in [0.3, 0.4) is 0 Å². The van der Waals surface area contributed by atoms with Gasteiger partial charge >= 0.3 is 12.0 Å². The highest BCUT2D eigenvalue weighted by Gasteiger charge is 2.68. The predicted molar refractivity (Wildman–Crippen MR) is 165 cm³/mol. The normalized spacial score (nSPS) is 15.7. The van der Waals surface area contributed by atoms with Gasteiger partial charge in [0.05, 0.1) is 58.5 Å². The van der Waals surface area contributed by atoms with Gasteiger partial charge in [0, 0.05) is 13.6 Å². The number of rotatable bonds is 22. The van der Waals surface area contributed by atoms with Crippen LogP contribution in [0.15, 0.2) is 48.5 Å². The number of hydrogen-bond donors (Lipinski definition) is 0. The number of nitrogens with zero attached hydrogens (tertiary/aromatic N) is 1. The second-order valence-corrected chi connectivity index (χ2v) is 11.2. The van der Waals surface area contributed by atoms with Gasteiger partial charge in [-0.1, -0.05) is 42.3 Å². The number of amides is 1. The van der Waals surface area contributed by atoms with Crippen molar-refractivity contribution in [3.8, 4) is 18.1 Å². The monoisotopic (exact) mass is 669 g/mol.